The number of nitrogens with zero attached hydrogens (tertiary/aromatic N) is 1. The van der Waals surface area contributed by atoms with E-state index in [4.69, 9.17) is 0 Å². The Bertz CT molecular complexity index is 553. The molecule has 0 aliphatic carbocycles. The Morgan fingerprint density at radius 2 is 1.72 bits per heavy atom. The molecule has 1 aliphatic rings. The van der Waals surface area contributed by atoms with Gasteiger partial charge in [-0.3, -0.25) is 0 Å². The molecule has 1 saturated heterocycles. The molecule has 2 N–H and O–H groups in total. The molecule has 1 heterocycles. The molecule has 0 radical (unpaired) electrons. The average Bonchev–Trinajstić information content (AvgIpc) is 2.59. The number of aliphatic hydroxyl groups is 2. The van der Waals surface area contributed by atoms with Gasteiger partial charge in [0.2, 0.25) is 10.0 Å². The van der Waals surface area contributed by atoms with Gasteiger partial charge in [0.05, 0.1) is 12.2 Å². The van der Waals surface area contributed by atoms with Crippen LogP contribution in [-0.2, 0) is 10.0 Å². The Labute approximate surface area is 102 Å². The zero-order valence-corrected chi connectivity index (χ0v) is 9.94. The first-order valence-electron chi connectivity index (χ1n) is 5.13. The molecular formula is C10H11F2NO4S. The van der Waals surface area contributed by atoms with E-state index in [1.54, 1.807) is 0 Å². The summed E-state index contributed by atoms with van der Waals surface area (Å²) in [5, 5.41) is 18.6. The minimum Gasteiger partial charge on any atom is -0.389 e. The van der Waals surface area contributed by atoms with Crippen LogP contribution >= 0.6 is 0 Å². The van der Waals surface area contributed by atoms with Gasteiger partial charge in [-0.1, -0.05) is 0 Å². The second-order valence-corrected chi connectivity index (χ2v) is 5.94. The minimum absolute atomic E-state index is 0.319. The number of benzene rings is 1. The van der Waals surface area contributed by atoms with Crippen LogP contribution in [0.5, 0.6) is 0 Å². The molecule has 0 aromatic heterocycles. The van der Waals surface area contributed by atoms with Gasteiger partial charge >= 0.3 is 0 Å². The van der Waals surface area contributed by atoms with E-state index in [1.807, 2.05) is 0 Å². The van der Waals surface area contributed by atoms with Crippen LogP contribution in [-0.4, -0.2) is 48.2 Å². The van der Waals surface area contributed by atoms with Crippen molar-refractivity contribution in [1.29, 1.82) is 0 Å². The highest BCUT2D eigenvalue weighted by atomic mass is 32.2. The lowest BCUT2D eigenvalue weighted by molar-refractivity contribution is 0.0572. The van der Waals surface area contributed by atoms with Crippen LogP contribution in [0, 0.1) is 11.6 Å². The number of hydrogen-bond acceptors (Lipinski definition) is 4. The van der Waals surface area contributed by atoms with E-state index in [0.29, 0.717) is 6.07 Å². The van der Waals surface area contributed by atoms with Crippen molar-refractivity contribution < 1.29 is 27.4 Å². The normalized spacial score (nSPS) is 25.6. The first-order chi connectivity index (χ1) is 8.32. The Balaban J connectivity index is 2.37. The summed E-state index contributed by atoms with van der Waals surface area (Å²) in [4.78, 5) is -0.676. The Morgan fingerprint density at radius 3 is 2.22 bits per heavy atom. The molecule has 0 spiro atoms. The van der Waals surface area contributed by atoms with Crippen LogP contribution in [0.25, 0.3) is 0 Å². The highest BCUT2D eigenvalue weighted by molar-refractivity contribution is 7.89. The molecule has 5 nitrogen and oxygen atoms in total. The second kappa shape index (κ2) is 4.54. The molecule has 0 saturated carbocycles. The van der Waals surface area contributed by atoms with Gasteiger partial charge in [-0.2, -0.15) is 4.31 Å². The maximum atomic E-state index is 13.4. The van der Waals surface area contributed by atoms with Crippen LogP contribution in [0.15, 0.2) is 23.1 Å². The molecule has 2 atom stereocenters. The largest absolute Gasteiger partial charge is 0.389 e. The highest BCUT2D eigenvalue weighted by Gasteiger charge is 2.38. The average molecular weight is 279 g/mol. The predicted molar refractivity (Wildman–Crippen MR) is 57.1 cm³/mol. The molecule has 2 rings (SSSR count). The Hall–Kier alpha value is -1.09. The van der Waals surface area contributed by atoms with Crippen LogP contribution in [0.1, 0.15) is 0 Å². The minimum atomic E-state index is -4.18. The van der Waals surface area contributed by atoms with Crippen LogP contribution in [0.4, 0.5) is 8.78 Å². The van der Waals surface area contributed by atoms with Gasteiger partial charge in [-0.15, -0.1) is 0 Å². The quantitative estimate of drug-likeness (QED) is 0.778. The number of hydrogen-bond donors (Lipinski definition) is 2. The van der Waals surface area contributed by atoms with Crippen molar-refractivity contribution in [2.45, 2.75) is 17.1 Å². The molecule has 0 bridgehead atoms. The Kier molecular flexibility index (Phi) is 3.37. The predicted octanol–water partition coefficient (Wildman–Crippen LogP) is -0.309. The molecule has 1 fully saturated rings. The van der Waals surface area contributed by atoms with E-state index in [1.165, 1.54) is 0 Å². The molecule has 8 heteroatoms. The molecule has 1 aromatic rings. The lowest BCUT2D eigenvalue weighted by atomic mass is 10.3. The summed E-state index contributed by atoms with van der Waals surface area (Å²) in [7, 11) is -4.18. The SMILES string of the molecule is O=S(=O)(c1ccc(F)cc1F)N1C[C@@H](O)[C@@H](O)C1. The fourth-order valence-corrected chi connectivity index (χ4v) is 3.28. The summed E-state index contributed by atoms with van der Waals surface area (Å²) in [5.74, 6) is -2.08. The van der Waals surface area contributed by atoms with Crippen molar-refractivity contribution in [1.82, 2.24) is 4.31 Å². The van der Waals surface area contributed by atoms with E-state index in [2.05, 4.69) is 0 Å². The van der Waals surface area contributed by atoms with Gasteiger partial charge < -0.3 is 10.2 Å². The molecule has 100 valence electrons. The van der Waals surface area contributed by atoms with Crippen LogP contribution in [0.2, 0.25) is 0 Å². The number of aliphatic hydroxyl groups excluding tert-OH is 2. The van der Waals surface area contributed by atoms with Gasteiger partial charge in [-0.05, 0) is 12.1 Å². The number of halogens is 2. The van der Waals surface area contributed by atoms with Gasteiger partial charge in [0, 0.05) is 19.2 Å². The molecule has 0 amide bonds. The van der Waals surface area contributed by atoms with Gasteiger partial charge in [-0.25, -0.2) is 17.2 Å². The van der Waals surface area contributed by atoms with E-state index in [-0.39, 0.29) is 13.1 Å². The Morgan fingerprint density at radius 1 is 1.17 bits per heavy atom. The van der Waals surface area contributed by atoms with E-state index < -0.39 is 38.8 Å². The van der Waals surface area contributed by atoms with Gasteiger partial charge in [0.15, 0.2) is 0 Å². The fraction of sp³-hybridized carbons (Fsp3) is 0.400. The smallest absolute Gasteiger partial charge is 0.246 e. The van der Waals surface area contributed by atoms with Crippen LogP contribution < -0.4 is 0 Å². The summed E-state index contributed by atoms with van der Waals surface area (Å²) < 4.78 is 50.9. The van der Waals surface area contributed by atoms with Crippen molar-refractivity contribution >= 4 is 10.0 Å². The van der Waals surface area contributed by atoms with Gasteiger partial charge in [0.25, 0.3) is 0 Å². The van der Waals surface area contributed by atoms with Crippen molar-refractivity contribution in [3.8, 4) is 0 Å². The maximum Gasteiger partial charge on any atom is 0.246 e. The van der Waals surface area contributed by atoms with Crippen molar-refractivity contribution in [3.63, 3.8) is 0 Å². The third-order valence-electron chi connectivity index (χ3n) is 2.74. The first-order valence-corrected chi connectivity index (χ1v) is 6.57. The first kappa shape index (κ1) is 13.3. The van der Waals surface area contributed by atoms with E-state index in [9.17, 15) is 27.4 Å². The summed E-state index contributed by atoms with van der Waals surface area (Å²) in [6.07, 6.45) is -2.41. The summed E-state index contributed by atoms with van der Waals surface area (Å²) in [6.45, 7) is -0.638. The second-order valence-electron chi connectivity index (χ2n) is 4.03. The molecule has 18 heavy (non-hydrogen) atoms. The van der Waals surface area contributed by atoms with Crippen molar-refractivity contribution in [2.24, 2.45) is 0 Å². The summed E-state index contributed by atoms with van der Waals surface area (Å²) >= 11 is 0. The lowest BCUT2D eigenvalue weighted by Crippen LogP contribution is -2.30. The zero-order valence-electron chi connectivity index (χ0n) is 9.12. The van der Waals surface area contributed by atoms with Crippen molar-refractivity contribution in [3.05, 3.63) is 29.8 Å². The molecular weight excluding hydrogens is 268 g/mol. The van der Waals surface area contributed by atoms with E-state index >= 15 is 0 Å². The molecule has 1 aromatic carbocycles. The molecule has 1 aliphatic heterocycles. The monoisotopic (exact) mass is 279 g/mol. The number of β-amino-alcohol motifs (C(OH)–C–C–N with tert-alkyl or cyclic N) is 2. The van der Waals surface area contributed by atoms with Crippen molar-refractivity contribution in [2.75, 3.05) is 13.1 Å². The molecule has 0 unspecified atom stereocenters. The number of rotatable bonds is 2. The van der Waals surface area contributed by atoms with Crippen LogP contribution in [0.3, 0.4) is 0 Å². The lowest BCUT2D eigenvalue weighted by Gasteiger charge is -2.15. The fourth-order valence-electron chi connectivity index (χ4n) is 1.75. The topological polar surface area (TPSA) is 77.8 Å². The highest BCUT2D eigenvalue weighted by Crippen LogP contribution is 2.23. The summed E-state index contributed by atoms with van der Waals surface area (Å²) in [6, 6.07) is 2.12. The van der Waals surface area contributed by atoms with E-state index in [0.717, 1.165) is 16.4 Å². The third-order valence-corrected chi connectivity index (χ3v) is 4.60. The standard InChI is InChI=1S/C10H11F2NO4S/c11-6-1-2-10(7(12)3-6)18(16,17)13-4-8(14)9(15)5-13/h1-3,8-9,14-15H,4-5H2/t8-,9+. The maximum absolute atomic E-state index is 13.4. The number of sulfonamides is 1. The summed E-state index contributed by atoms with van der Waals surface area (Å²) in [5.41, 5.74) is 0. The van der Waals surface area contributed by atoms with Gasteiger partial charge in [0.1, 0.15) is 16.5 Å². The zero-order chi connectivity index (χ0) is 13.5. The third kappa shape index (κ3) is 2.24.